The summed E-state index contributed by atoms with van der Waals surface area (Å²) in [5.74, 6) is -1.37. The van der Waals surface area contributed by atoms with Crippen LogP contribution in [0.1, 0.15) is 27.7 Å². The zero-order valence-corrected chi connectivity index (χ0v) is 16.1. The van der Waals surface area contributed by atoms with Crippen molar-refractivity contribution in [2.75, 3.05) is 12.4 Å². The molecule has 0 saturated carbocycles. The molecular formula is C19H25NO7. The van der Waals surface area contributed by atoms with Crippen LogP contribution < -0.4 is 10.1 Å². The third-order valence-electron chi connectivity index (χ3n) is 4.75. The van der Waals surface area contributed by atoms with Crippen molar-refractivity contribution in [3.8, 4) is 5.75 Å². The van der Waals surface area contributed by atoms with E-state index in [0.29, 0.717) is 11.4 Å². The normalized spacial score (nSPS) is 36.0. The summed E-state index contributed by atoms with van der Waals surface area (Å²) >= 11 is 0. The number of amides is 1. The third kappa shape index (κ3) is 3.55. The van der Waals surface area contributed by atoms with Gasteiger partial charge >= 0.3 is 0 Å². The van der Waals surface area contributed by atoms with Crippen LogP contribution in [0.2, 0.25) is 0 Å². The standard InChI is InChI=1S/C19H25NO7/c1-18(2)24-12-13(25-18)15-17(27-19(3,4)26-15)23-14(12)16(21)20-10-7-6-8-11(9-10)22-5/h6-9,12-15,17H,1-5H3,(H,20,21)/t12-,13+,14-,15-,17-/m1/s1. The van der Waals surface area contributed by atoms with Crippen molar-refractivity contribution in [2.24, 2.45) is 0 Å². The summed E-state index contributed by atoms with van der Waals surface area (Å²) in [6, 6.07) is 7.10. The van der Waals surface area contributed by atoms with Gasteiger partial charge in [-0.15, -0.1) is 0 Å². The molecule has 3 saturated heterocycles. The molecule has 0 radical (unpaired) electrons. The average molecular weight is 379 g/mol. The van der Waals surface area contributed by atoms with Crippen LogP contribution in [0.5, 0.6) is 5.75 Å². The molecule has 4 rings (SSSR count). The smallest absolute Gasteiger partial charge is 0.256 e. The molecule has 1 amide bonds. The number of methoxy groups -OCH3 is 1. The second kappa shape index (κ2) is 6.42. The minimum absolute atomic E-state index is 0.341. The van der Waals surface area contributed by atoms with Crippen LogP contribution in [0.4, 0.5) is 5.69 Å². The minimum Gasteiger partial charge on any atom is -0.497 e. The molecular weight excluding hydrogens is 354 g/mol. The van der Waals surface area contributed by atoms with E-state index in [4.69, 9.17) is 28.4 Å². The van der Waals surface area contributed by atoms with Crippen LogP contribution in [0.3, 0.4) is 0 Å². The lowest BCUT2D eigenvalue weighted by atomic mass is 9.98. The van der Waals surface area contributed by atoms with Crippen molar-refractivity contribution in [2.45, 2.75) is 70.0 Å². The Kier molecular flexibility index (Phi) is 4.44. The summed E-state index contributed by atoms with van der Waals surface area (Å²) in [6.07, 6.45) is -3.15. The Bertz CT molecular complexity index is 735. The van der Waals surface area contributed by atoms with Gasteiger partial charge < -0.3 is 33.7 Å². The fraction of sp³-hybridized carbons (Fsp3) is 0.632. The van der Waals surface area contributed by atoms with Gasteiger partial charge in [0, 0.05) is 11.8 Å². The molecule has 27 heavy (non-hydrogen) atoms. The second-order valence-electron chi connectivity index (χ2n) is 7.81. The molecule has 148 valence electrons. The molecule has 1 aromatic rings. The van der Waals surface area contributed by atoms with Gasteiger partial charge in [0.15, 0.2) is 24.0 Å². The molecule has 3 heterocycles. The van der Waals surface area contributed by atoms with Crippen LogP contribution >= 0.6 is 0 Å². The maximum absolute atomic E-state index is 13.0. The average Bonchev–Trinajstić information content (AvgIpc) is 3.08. The summed E-state index contributed by atoms with van der Waals surface area (Å²) < 4.78 is 34.9. The number of hydrogen-bond donors (Lipinski definition) is 1. The molecule has 8 nitrogen and oxygen atoms in total. The van der Waals surface area contributed by atoms with Crippen LogP contribution in [0.15, 0.2) is 24.3 Å². The molecule has 0 aliphatic carbocycles. The molecule has 0 aromatic heterocycles. The Morgan fingerprint density at radius 1 is 1.00 bits per heavy atom. The highest BCUT2D eigenvalue weighted by molar-refractivity contribution is 5.95. The summed E-state index contributed by atoms with van der Waals surface area (Å²) in [5, 5.41) is 2.85. The van der Waals surface area contributed by atoms with Gasteiger partial charge in [0.05, 0.1) is 7.11 Å². The highest BCUT2D eigenvalue weighted by Gasteiger charge is 2.62. The maximum atomic E-state index is 13.0. The van der Waals surface area contributed by atoms with Gasteiger partial charge in [-0.05, 0) is 39.8 Å². The van der Waals surface area contributed by atoms with Crippen molar-refractivity contribution in [1.82, 2.24) is 0 Å². The third-order valence-corrected chi connectivity index (χ3v) is 4.75. The number of ether oxygens (including phenoxy) is 6. The van der Waals surface area contributed by atoms with E-state index in [0.717, 1.165) is 0 Å². The SMILES string of the molecule is COc1cccc(NC(=O)[C@@H]2O[C@@H]3OC(C)(C)O[C@@H]3[C@H]3OC(C)(C)O[C@H]32)c1. The first-order chi connectivity index (χ1) is 12.7. The van der Waals surface area contributed by atoms with Gasteiger partial charge in [-0.1, -0.05) is 6.07 Å². The van der Waals surface area contributed by atoms with Gasteiger partial charge in [-0.25, -0.2) is 0 Å². The van der Waals surface area contributed by atoms with E-state index in [-0.39, 0.29) is 5.91 Å². The predicted molar refractivity (Wildman–Crippen MR) is 94.1 cm³/mol. The van der Waals surface area contributed by atoms with E-state index < -0.39 is 42.3 Å². The first kappa shape index (κ1) is 18.6. The van der Waals surface area contributed by atoms with Crippen molar-refractivity contribution in [1.29, 1.82) is 0 Å². The number of fused-ring (bicyclic) bond motifs is 3. The van der Waals surface area contributed by atoms with E-state index in [1.807, 2.05) is 0 Å². The van der Waals surface area contributed by atoms with Crippen LogP contribution in [-0.4, -0.2) is 55.3 Å². The molecule has 0 spiro atoms. The molecule has 8 heteroatoms. The predicted octanol–water partition coefficient (Wildman–Crippen LogP) is 2.03. The van der Waals surface area contributed by atoms with E-state index in [1.54, 1.807) is 59.1 Å². The lowest BCUT2D eigenvalue weighted by molar-refractivity contribution is -0.229. The quantitative estimate of drug-likeness (QED) is 0.860. The summed E-state index contributed by atoms with van der Waals surface area (Å²) in [6.45, 7) is 7.21. The van der Waals surface area contributed by atoms with Gasteiger partial charge in [0.25, 0.3) is 5.91 Å². The molecule has 1 aromatic carbocycles. The topological polar surface area (TPSA) is 84.5 Å². The number of benzene rings is 1. The van der Waals surface area contributed by atoms with E-state index in [1.165, 1.54) is 0 Å². The highest BCUT2D eigenvalue weighted by Crippen LogP contribution is 2.44. The lowest BCUT2D eigenvalue weighted by Gasteiger charge is -2.36. The van der Waals surface area contributed by atoms with Gasteiger partial charge in [-0.2, -0.15) is 0 Å². The first-order valence-corrected chi connectivity index (χ1v) is 8.99. The Hall–Kier alpha value is -1.71. The van der Waals surface area contributed by atoms with Crippen LogP contribution in [0.25, 0.3) is 0 Å². The maximum Gasteiger partial charge on any atom is 0.256 e. The molecule has 3 aliphatic rings. The van der Waals surface area contributed by atoms with Crippen molar-refractivity contribution in [3.05, 3.63) is 24.3 Å². The summed E-state index contributed by atoms with van der Waals surface area (Å²) in [4.78, 5) is 13.0. The minimum atomic E-state index is -0.901. The fourth-order valence-corrected chi connectivity index (χ4v) is 3.74. The van der Waals surface area contributed by atoms with Crippen LogP contribution in [-0.2, 0) is 28.5 Å². The Balaban J connectivity index is 1.57. The molecule has 5 atom stereocenters. The monoisotopic (exact) mass is 379 g/mol. The Labute approximate surface area is 158 Å². The zero-order valence-electron chi connectivity index (χ0n) is 16.1. The van der Waals surface area contributed by atoms with Gasteiger partial charge in [0.2, 0.25) is 0 Å². The summed E-state index contributed by atoms with van der Waals surface area (Å²) in [5.41, 5.74) is 0.601. The molecule has 1 N–H and O–H groups in total. The van der Waals surface area contributed by atoms with E-state index in [2.05, 4.69) is 5.32 Å². The largest absolute Gasteiger partial charge is 0.497 e. The first-order valence-electron chi connectivity index (χ1n) is 8.99. The second-order valence-corrected chi connectivity index (χ2v) is 7.81. The Morgan fingerprint density at radius 2 is 1.67 bits per heavy atom. The number of anilines is 1. The molecule has 0 bridgehead atoms. The van der Waals surface area contributed by atoms with Crippen molar-refractivity contribution < 1.29 is 33.2 Å². The lowest BCUT2D eigenvalue weighted by Crippen LogP contribution is -2.58. The molecule has 3 fully saturated rings. The number of hydrogen-bond acceptors (Lipinski definition) is 7. The van der Waals surface area contributed by atoms with Gasteiger partial charge in [-0.3, -0.25) is 4.79 Å². The Morgan fingerprint density at radius 3 is 2.41 bits per heavy atom. The zero-order chi connectivity index (χ0) is 19.4. The fourth-order valence-electron chi connectivity index (χ4n) is 3.74. The molecule has 3 aliphatic heterocycles. The molecule has 0 unspecified atom stereocenters. The number of carbonyl (C=O) groups excluding carboxylic acids is 1. The number of nitrogens with one attached hydrogen (secondary N) is 1. The van der Waals surface area contributed by atoms with Crippen molar-refractivity contribution in [3.63, 3.8) is 0 Å². The van der Waals surface area contributed by atoms with Crippen LogP contribution in [0, 0.1) is 0 Å². The van der Waals surface area contributed by atoms with Gasteiger partial charge in [0.1, 0.15) is 24.1 Å². The number of carbonyl (C=O) groups is 1. The highest BCUT2D eigenvalue weighted by atomic mass is 16.9. The van der Waals surface area contributed by atoms with Crippen molar-refractivity contribution >= 4 is 11.6 Å². The van der Waals surface area contributed by atoms with E-state index >= 15 is 0 Å². The summed E-state index contributed by atoms with van der Waals surface area (Å²) in [7, 11) is 1.57. The van der Waals surface area contributed by atoms with E-state index in [9.17, 15) is 4.79 Å². The number of rotatable bonds is 3.